The van der Waals surface area contributed by atoms with Gasteiger partial charge < -0.3 is 10.3 Å². The lowest BCUT2D eigenvalue weighted by atomic mass is 9.42. The molecule has 0 radical (unpaired) electrons. The highest BCUT2D eigenvalue weighted by Gasteiger charge is 2.65. The van der Waals surface area contributed by atoms with Gasteiger partial charge in [0.1, 0.15) is 5.82 Å². The first-order valence-corrected chi connectivity index (χ1v) is 14.2. The van der Waals surface area contributed by atoms with Crippen molar-refractivity contribution in [1.82, 2.24) is 24.0 Å². The first kappa shape index (κ1) is 22.0. The fourth-order valence-electron chi connectivity index (χ4n) is 9.59. The van der Waals surface area contributed by atoms with Gasteiger partial charge >= 0.3 is 5.69 Å². The molecule has 2 aliphatic heterocycles. The molecule has 9 rings (SSSR count). The lowest BCUT2D eigenvalue weighted by molar-refractivity contribution is -0.221. The van der Waals surface area contributed by atoms with Crippen LogP contribution in [0.5, 0.6) is 0 Å². The molecular weight excluding hydrogens is 464 g/mol. The molecule has 2 N–H and O–H groups in total. The van der Waals surface area contributed by atoms with Gasteiger partial charge in [-0.15, -0.1) is 0 Å². The van der Waals surface area contributed by atoms with Crippen molar-refractivity contribution in [3.8, 4) is 5.82 Å². The van der Waals surface area contributed by atoms with Crippen molar-refractivity contribution in [2.24, 2.45) is 17.8 Å². The van der Waals surface area contributed by atoms with Gasteiger partial charge in [0.15, 0.2) is 0 Å². The number of rotatable bonds is 3. The number of benzene rings is 1. The van der Waals surface area contributed by atoms with Crippen molar-refractivity contribution in [3.05, 3.63) is 57.4 Å². The van der Waals surface area contributed by atoms with Crippen LogP contribution < -0.4 is 17.0 Å². The quantitative estimate of drug-likeness (QED) is 0.592. The molecule has 37 heavy (non-hydrogen) atoms. The van der Waals surface area contributed by atoms with Crippen LogP contribution in [0, 0.1) is 17.8 Å². The maximum absolute atomic E-state index is 14.1. The molecule has 3 aromatic rings. The van der Waals surface area contributed by atoms with E-state index in [1.165, 1.54) is 68.2 Å². The highest BCUT2D eigenvalue weighted by Crippen LogP contribution is 2.67. The van der Waals surface area contributed by atoms with Crippen LogP contribution >= 0.6 is 0 Å². The summed E-state index contributed by atoms with van der Waals surface area (Å²) >= 11 is 0. The Morgan fingerprint density at radius 1 is 0.892 bits per heavy atom. The summed E-state index contributed by atoms with van der Waals surface area (Å²) in [6, 6.07) is 10.5. The zero-order valence-electron chi connectivity index (χ0n) is 21.1. The van der Waals surface area contributed by atoms with Crippen LogP contribution in [0.25, 0.3) is 16.9 Å². The van der Waals surface area contributed by atoms with Crippen molar-refractivity contribution < 1.29 is 0 Å². The summed E-state index contributed by atoms with van der Waals surface area (Å²) < 4.78 is 3.20. The molecule has 6 fully saturated rings. The number of anilines is 1. The largest absolute Gasteiger partial charge is 0.383 e. The smallest absolute Gasteiger partial charge is 0.355 e. The Hall–Kier alpha value is -3.00. The second-order valence-electron chi connectivity index (χ2n) is 12.4. The predicted molar refractivity (Wildman–Crippen MR) is 142 cm³/mol. The third-order valence-electron chi connectivity index (χ3n) is 10.7. The second kappa shape index (κ2) is 7.76. The monoisotopic (exact) mass is 498 g/mol. The maximum Gasteiger partial charge on any atom is 0.355 e. The standard InChI is InChI=1S/C29H34N6O2/c30-25-10-11-33(28(37)32-25)26-27(36)34(24-7-2-1-6-23(24)31-26)21-13-19-4-3-5-20(14-21)35(19)29-15-17-8-9-22(29)18(12-17)16-29/h1-2,6-7,10-11,17-22H,3-5,8-9,12-16H2,(H2,30,32,37)/t17-,18+,19-,20+,21+,22?,29-/m1/s1. The molecule has 6 bridgehead atoms. The predicted octanol–water partition coefficient (Wildman–Crippen LogP) is 3.66. The zero-order valence-corrected chi connectivity index (χ0v) is 21.1. The van der Waals surface area contributed by atoms with Crippen LogP contribution in [0.1, 0.15) is 70.3 Å². The molecule has 0 amide bonds. The molecule has 4 saturated carbocycles. The van der Waals surface area contributed by atoms with Crippen LogP contribution in [0.4, 0.5) is 5.82 Å². The van der Waals surface area contributed by atoms with E-state index in [2.05, 4.69) is 14.9 Å². The van der Waals surface area contributed by atoms with Crippen molar-refractivity contribution in [1.29, 1.82) is 0 Å². The van der Waals surface area contributed by atoms with Gasteiger partial charge in [-0.2, -0.15) is 4.98 Å². The first-order chi connectivity index (χ1) is 18.0. The Morgan fingerprint density at radius 2 is 1.70 bits per heavy atom. The lowest BCUT2D eigenvalue weighted by Gasteiger charge is -2.73. The molecule has 4 aliphatic carbocycles. The fraction of sp³-hybridized carbons (Fsp3) is 0.586. The molecule has 1 unspecified atom stereocenters. The Labute approximate surface area is 215 Å². The average molecular weight is 499 g/mol. The third kappa shape index (κ3) is 3.05. The number of nitrogen functional groups attached to an aromatic ring is 1. The Morgan fingerprint density at radius 3 is 2.43 bits per heavy atom. The molecule has 4 heterocycles. The first-order valence-electron chi connectivity index (χ1n) is 14.2. The van der Waals surface area contributed by atoms with Gasteiger partial charge in [0.2, 0.25) is 5.82 Å². The zero-order chi connectivity index (χ0) is 24.9. The molecule has 192 valence electrons. The molecule has 7 atom stereocenters. The molecule has 8 nitrogen and oxygen atoms in total. The Bertz CT molecular complexity index is 1510. The van der Waals surface area contributed by atoms with E-state index in [1.54, 1.807) is 0 Å². The summed E-state index contributed by atoms with van der Waals surface area (Å²) in [5, 5.41) is 0. The van der Waals surface area contributed by atoms with E-state index in [4.69, 9.17) is 5.73 Å². The van der Waals surface area contributed by atoms with Crippen molar-refractivity contribution in [2.75, 3.05) is 5.73 Å². The van der Waals surface area contributed by atoms with Gasteiger partial charge in [-0.3, -0.25) is 9.69 Å². The van der Waals surface area contributed by atoms with Crippen molar-refractivity contribution >= 4 is 16.9 Å². The SMILES string of the molecule is Nc1ccn(-c2nc3ccccc3n([C@H]3C[C@H]4CCC[C@@H](C3)N4[C@@]34C[C@@H]5CCC3[C@@H](C5)C4)c2=O)c(=O)n1. The molecular formula is C29H34N6O2. The summed E-state index contributed by atoms with van der Waals surface area (Å²) in [6.45, 7) is 0. The number of para-hydroxylation sites is 2. The average Bonchev–Trinajstić information content (AvgIpc) is 2.88. The van der Waals surface area contributed by atoms with Crippen LogP contribution in [0.3, 0.4) is 0 Å². The van der Waals surface area contributed by atoms with E-state index in [-0.39, 0.29) is 23.2 Å². The summed E-state index contributed by atoms with van der Waals surface area (Å²) in [5.74, 6) is 3.04. The third-order valence-corrected chi connectivity index (χ3v) is 10.7. The van der Waals surface area contributed by atoms with E-state index in [9.17, 15) is 9.59 Å². The normalized spacial score (nSPS) is 36.4. The summed E-state index contributed by atoms with van der Waals surface area (Å²) in [4.78, 5) is 38.2. The number of fused-ring (bicyclic) bond motifs is 4. The number of aromatic nitrogens is 4. The number of hydrogen-bond donors (Lipinski definition) is 1. The Balaban J connectivity index is 1.22. The van der Waals surface area contributed by atoms with Gasteiger partial charge in [0.25, 0.3) is 5.56 Å². The highest BCUT2D eigenvalue weighted by atomic mass is 16.2. The number of piperidine rings is 2. The van der Waals surface area contributed by atoms with Gasteiger partial charge in [-0.25, -0.2) is 14.3 Å². The van der Waals surface area contributed by atoms with E-state index in [1.807, 2.05) is 28.8 Å². The molecule has 0 spiro atoms. The topological polar surface area (TPSA) is 99.0 Å². The van der Waals surface area contributed by atoms with Crippen LogP contribution in [0.15, 0.2) is 46.1 Å². The molecule has 6 aliphatic rings. The van der Waals surface area contributed by atoms with Gasteiger partial charge in [-0.05, 0) is 87.3 Å². The minimum atomic E-state index is -0.580. The van der Waals surface area contributed by atoms with Crippen LogP contribution in [-0.4, -0.2) is 41.6 Å². The van der Waals surface area contributed by atoms with Crippen LogP contribution in [-0.2, 0) is 0 Å². The molecule has 1 aromatic carbocycles. The minimum absolute atomic E-state index is 0.0937. The van der Waals surface area contributed by atoms with Crippen LogP contribution in [0.2, 0.25) is 0 Å². The number of hydrogen-bond acceptors (Lipinski definition) is 6. The minimum Gasteiger partial charge on any atom is -0.383 e. The van der Waals surface area contributed by atoms with Gasteiger partial charge in [0, 0.05) is 29.9 Å². The van der Waals surface area contributed by atoms with Crippen molar-refractivity contribution in [3.63, 3.8) is 0 Å². The molecule has 8 heteroatoms. The lowest BCUT2D eigenvalue weighted by Crippen LogP contribution is -2.75. The van der Waals surface area contributed by atoms with E-state index in [0.29, 0.717) is 17.6 Å². The van der Waals surface area contributed by atoms with E-state index in [0.717, 1.165) is 41.6 Å². The molecule has 2 aromatic heterocycles. The summed E-state index contributed by atoms with van der Waals surface area (Å²) in [5.41, 5.74) is 6.92. The summed E-state index contributed by atoms with van der Waals surface area (Å²) in [6.07, 6.45) is 14.4. The Kier molecular flexibility index (Phi) is 4.62. The number of nitrogens with two attached hydrogens (primary N) is 1. The van der Waals surface area contributed by atoms with Crippen molar-refractivity contribution in [2.45, 2.75) is 87.9 Å². The fourth-order valence-corrected chi connectivity index (χ4v) is 9.59. The van der Waals surface area contributed by atoms with Gasteiger partial charge in [-0.1, -0.05) is 25.0 Å². The number of nitrogens with zero attached hydrogens (tertiary/aromatic N) is 5. The highest BCUT2D eigenvalue weighted by molar-refractivity contribution is 5.75. The maximum atomic E-state index is 14.1. The van der Waals surface area contributed by atoms with E-state index < -0.39 is 5.69 Å². The summed E-state index contributed by atoms with van der Waals surface area (Å²) in [7, 11) is 0. The second-order valence-corrected chi connectivity index (χ2v) is 12.4. The van der Waals surface area contributed by atoms with Gasteiger partial charge in [0.05, 0.1) is 11.0 Å². The van der Waals surface area contributed by atoms with E-state index >= 15 is 0 Å². The molecule has 2 saturated heterocycles.